The van der Waals surface area contributed by atoms with Crippen LogP contribution in [0, 0.1) is 11.7 Å². The van der Waals surface area contributed by atoms with E-state index in [4.69, 9.17) is 11.6 Å². The van der Waals surface area contributed by atoms with E-state index in [-0.39, 0.29) is 28.9 Å². The predicted molar refractivity (Wildman–Crippen MR) is 134 cm³/mol. The lowest BCUT2D eigenvalue weighted by Crippen LogP contribution is -2.21. The van der Waals surface area contributed by atoms with Crippen LogP contribution in [0.2, 0.25) is 5.02 Å². The molecule has 0 radical (unpaired) electrons. The highest BCUT2D eigenvalue weighted by molar-refractivity contribution is 6.35. The van der Waals surface area contributed by atoms with Gasteiger partial charge in [0.1, 0.15) is 17.5 Å². The van der Waals surface area contributed by atoms with Gasteiger partial charge in [-0.15, -0.1) is 0 Å². The van der Waals surface area contributed by atoms with Crippen LogP contribution in [-0.2, 0) is 4.79 Å². The van der Waals surface area contributed by atoms with Gasteiger partial charge >= 0.3 is 0 Å². The number of rotatable bonds is 5. The van der Waals surface area contributed by atoms with Crippen molar-refractivity contribution < 1.29 is 18.4 Å². The number of aromatic nitrogens is 5. The minimum atomic E-state index is -1.10. The average Bonchev–Trinajstić information content (AvgIpc) is 3.26. The van der Waals surface area contributed by atoms with Gasteiger partial charge in [-0.1, -0.05) is 11.6 Å². The Morgan fingerprint density at radius 1 is 1.22 bits per heavy atom. The molecule has 188 valence electrons. The van der Waals surface area contributed by atoms with Gasteiger partial charge in [0.05, 0.1) is 34.4 Å². The number of amides is 2. The van der Waals surface area contributed by atoms with E-state index in [0.717, 1.165) is 0 Å². The summed E-state index contributed by atoms with van der Waals surface area (Å²) in [5.74, 6) is -1.65. The number of hydrogen-bond acceptors (Lipinski definition) is 4. The van der Waals surface area contributed by atoms with Crippen LogP contribution in [0.3, 0.4) is 0 Å². The molecule has 0 spiro atoms. The highest BCUT2D eigenvalue weighted by Gasteiger charge is 2.43. The number of halogens is 3. The van der Waals surface area contributed by atoms with Gasteiger partial charge in [-0.2, -0.15) is 5.10 Å². The Morgan fingerprint density at radius 3 is 2.73 bits per heavy atom. The SMILES string of the molecule is CN(C)C(=O)c1ccn(-c2c(F)c(Cl)c(-c3ccc4nc(NC(=O)[C@@H]5C[C@@H]5F)cn4c3)c3cn[nH]c23)c1. The molecule has 2 N–H and O–H groups in total. The topological polar surface area (TPSA) is 100 Å². The van der Waals surface area contributed by atoms with Gasteiger partial charge in [0.25, 0.3) is 5.91 Å². The van der Waals surface area contributed by atoms with Crippen molar-refractivity contribution in [2.75, 3.05) is 19.4 Å². The molecular weight excluding hydrogens is 504 g/mol. The first kappa shape index (κ1) is 23.2. The molecule has 4 heterocycles. The maximum Gasteiger partial charge on any atom is 0.254 e. The molecule has 9 nitrogen and oxygen atoms in total. The molecule has 0 saturated heterocycles. The first-order valence-electron chi connectivity index (χ1n) is 11.4. The molecule has 1 aromatic carbocycles. The number of H-pyrrole nitrogens is 1. The Balaban J connectivity index is 1.42. The monoisotopic (exact) mass is 523 g/mol. The molecule has 5 aromatic rings. The Bertz CT molecular complexity index is 1720. The number of imidazole rings is 1. The lowest BCUT2D eigenvalue weighted by atomic mass is 10.0. The molecule has 12 heteroatoms. The molecule has 4 aromatic heterocycles. The molecule has 0 bridgehead atoms. The summed E-state index contributed by atoms with van der Waals surface area (Å²) >= 11 is 6.60. The molecule has 6 rings (SSSR count). The van der Waals surface area contributed by atoms with Crippen molar-refractivity contribution in [2.45, 2.75) is 12.6 Å². The molecule has 0 aliphatic heterocycles. The van der Waals surface area contributed by atoms with E-state index in [9.17, 15) is 14.0 Å². The van der Waals surface area contributed by atoms with Crippen molar-refractivity contribution in [2.24, 2.45) is 5.92 Å². The van der Waals surface area contributed by atoms with Gasteiger partial charge in [-0.25, -0.2) is 13.8 Å². The van der Waals surface area contributed by atoms with E-state index in [1.54, 1.807) is 61.5 Å². The molecule has 1 fully saturated rings. The zero-order chi connectivity index (χ0) is 26.0. The summed E-state index contributed by atoms with van der Waals surface area (Å²) in [6.45, 7) is 0. The van der Waals surface area contributed by atoms with Crippen molar-refractivity contribution in [3.05, 3.63) is 65.6 Å². The van der Waals surface area contributed by atoms with E-state index < -0.39 is 23.8 Å². The average molecular weight is 524 g/mol. The van der Waals surface area contributed by atoms with Gasteiger partial charge in [0.2, 0.25) is 5.91 Å². The summed E-state index contributed by atoms with van der Waals surface area (Å²) in [5, 5.41) is 10.1. The fourth-order valence-electron chi connectivity index (χ4n) is 4.40. The molecule has 1 aliphatic carbocycles. The minimum Gasteiger partial charge on any atom is -0.345 e. The number of nitrogens with zero attached hydrogens (tertiary/aromatic N) is 5. The highest BCUT2D eigenvalue weighted by Crippen LogP contribution is 2.41. The number of anilines is 1. The fourth-order valence-corrected chi connectivity index (χ4v) is 4.70. The largest absolute Gasteiger partial charge is 0.345 e. The number of benzene rings is 1. The number of carbonyl (C=O) groups is 2. The molecule has 0 unspecified atom stereocenters. The van der Waals surface area contributed by atoms with E-state index in [0.29, 0.717) is 33.2 Å². The summed E-state index contributed by atoms with van der Waals surface area (Å²) in [6, 6.07) is 5.05. The summed E-state index contributed by atoms with van der Waals surface area (Å²) in [5.41, 5.74) is 2.48. The lowest BCUT2D eigenvalue weighted by molar-refractivity contribution is -0.117. The third-order valence-electron chi connectivity index (χ3n) is 6.41. The molecule has 2 atom stereocenters. The van der Waals surface area contributed by atoms with Crippen molar-refractivity contribution in [3.8, 4) is 16.8 Å². The second kappa shape index (κ2) is 8.41. The fraction of sp³-hybridized carbons (Fsp3) is 0.200. The number of hydrogen-bond donors (Lipinski definition) is 2. The summed E-state index contributed by atoms with van der Waals surface area (Å²) in [6.07, 6.45) is 7.11. The smallest absolute Gasteiger partial charge is 0.254 e. The van der Waals surface area contributed by atoms with Gasteiger partial charge in [0.15, 0.2) is 11.6 Å². The van der Waals surface area contributed by atoms with Crippen molar-refractivity contribution >= 4 is 45.8 Å². The van der Waals surface area contributed by atoms with Crippen LogP contribution >= 0.6 is 11.6 Å². The first-order valence-corrected chi connectivity index (χ1v) is 11.8. The van der Waals surface area contributed by atoms with Crippen LogP contribution in [-0.4, -0.2) is 61.1 Å². The van der Waals surface area contributed by atoms with Crippen molar-refractivity contribution in [1.82, 2.24) is 29.0 Å². The highest BCUT2D eigenvalue weighted by atomic mass is 35.5. The van der Waals surface area contributed by atoms with Gasteiger partial charge in [-0.3, -0.25) is 14.7 Å². The number of alkyl halides is 1. The van der Waals surface area contributed by atoms with E-state index in [1.807, 2.05) is 0 Å². The van der Waals surface area contributed by atoms with Crippen LogP contribution in [0.15, 0.2) is 49.2 Å². The number of pyridine rings is 1. The molecule has 2 amide bonds. The maximum absolute atomic E-state index is 15.8. The van der Waals surface area contributed by atoms with Gasteiger partial charge < -0.3 is 19.2 Å². The van der Waals surface area contributed by atoms with Crippen molar-refractivity contribution in [3.63, 3.8) is 0 Å². The van der Waals surface area contributed by atoms with Crippen molar-refractivity contribution in [1.29, 1.82) is 0 Å². The number of aromatic amines is 1. The number of nitrogens with one attached hydrogen (secondary N) is 2. The molecule has 1 saturated carbocycles. The summed E-state index contributed by atoms with van der Waals surface area (Å²) < 4.78 is 32.2. The van der Waals surface area contributed by atoms with Gasteiger partial charge in [-0.05, 0) is 24.6 Å². The number of carbonyl (C=O) groups excluding carboxylic acids is 2. The Labute approximate surface area is 213 Å². The Hall–Kier alpha value is -4.25. The second-order valence-electron chi connectivity index (χ2n) is 9.17. The molecule has 37 heavy (non-hydrogen) atoms. The Kier molecular flexibility index (Phi) is 5.27. The number of fused-ring (bicyclic) bond motifs is 2. The van der Waals surface area contributed by atoms with E-state index in [2.05, 4.69) is 20.5 Å². The standard InChI is InChI=1S/C25H20ClF2N7O2/c1-33(2)25(37)13-5-6-34(10-13)23-21(28)20(26)19(15-8-29-32-22(15)23)12-3-4-18-30-17(11-35(18)9-12)31-24(36)14-7-16(14)27/h3-6,8-11,14,16H,7H2,1-2H3,(H,29,32)(H,31,36)/t14-,16+/m1/s1. The zero-order valence-electron chi connectivity index (χ0n) is 19.7. The maximum atomic E-state index is 15.8. The van der Waals surface area contributed by atoms with Crippen LogP contribution < -0.4 is 5.32 Å². The molecule has 1 aliphatic rings. The normalized spacial score (nSPS) is 16.9. The zero-order valence-corrected chi connectivity index (χ0v) is 20.4. The first-order chi connectivity index (χ1) is 17.7. The van der Waals surface area contributed by atoms with Crippen LogP contribution in [0.1, 0.15) is 16.8 Å². The summed E-state index contributed by atoms with van der Waals surface area (Å²) in [7, 11) is 3.28. The van der Waals surface area contributed by atoms with Crippen LogP contribution in [0.4, 0.5) is 14.6 Å². The van der Waals surface area contributed by atoms with E-state index in [1.165, 1.54) is 15.7 Å². The van der Waals surface area contributed by atoms with E-state index >= 15 is 4.39 Å². The lowest BCUT2D eigenvalue weighted by Gasteiger charge is -2.14. The quantitative estimate of drug-likeness (QED) is 0.355. The molecular formula is C25H20ClF2N7O2. The minimum absolute atomic E-state index is 0.117. The van der Waals surface area contributed by atoms with Crippen LogP contribution in [0.25, 0.3) is 33.4 Å². The second-order valence-corrected chi connectivity index (χ2v) is 9.55. The van der Waals surface area contributed by atoms with Gasteiger partial charge in [0, 0.05) is 49.2 Å². The van der Waals surface area contributed by atoms with Crippen LogP contribution in [0.5, 0.6) is 0 Å². The summed E-state index contributed by atoms with van der Waals surface area (Å²) in [4.78, 5) is 30.2. The third kappa shape index (κ3) is 3.82. The predicted octanol–water partition coefficient (Wildman–Crippen LogP) is 4.46. The Morgan fingerprint density at radius 2 is 2.00 bits per heavy atom. The third-order valence-corrected chi connectivity index (χ3v) is 6.77.